The van der Waals surface area contributed by atoms with Crippen molar-refractivity contribution < 1.29 is 13.2 Å². The van der Waals surface area contributed by atoms with Gasteiger partial charge in [-0.05, 0) is 66.8 Å². The number of benzene rings is 2. The molecule has 1 saturated carbocycles. The molecule has 1 aromatic heterocycles. The van der Waals surface area contributed by atoms with Gasteiger partial charge in [0, 0.05) is 22.8 Å². The maximum atomic E-state index is 12.8. The van der Waals surface area contributed by atoms with Crippen molar-refractivity contribution in [2.45, 2.75) is 23.8 Å². The SMILES string of the molecule is CN(c1ccc2sc(C(=O)NC3CC3)cc2c1)S(=O)(=O)c1ccc(Cl)cc1. The lowest BCUT2D eigenvalue weighted by Gasteiger charge is -2.19. The van der Waals surface area contributed by atoms with Gasteiger partial charge in [0.1, 0.15) is 0 Å². The number of anilines is 1. The van der Waals surface area contributed by atoms with Crippen LogP contribution in [0.1, 0.15) is 22.5 Å². The number of sulfonamides is 1. The minimum atomic E-state index is -3.70. The molecule has 0 aliphatic heterocycles. The fraction of sp³-hybridized carbons (Fsp3) is 0.211. The standard InChI is InChI=1S/C19H17ClN2O3S2/c1-22(27(24,25)16-7-2-13(20)3-8-16)15-6-9-17-12(10-15)11-18(26-17)19(23)21-14-4-5-14/h2-3,6-11,14H,4-5H2,1H3,(H,21,23). The number of hydrogen-bond acceptors (Lipinski definition) is 4. The van der Waals surface area contributed by atoms with Gasteiger partial charge in [0.2, 0.25) is 0 Å². The molecule has 5 nitrogen and oxygen atoms in total. The molecule has 0 unspecified atom stereocenters. The number of rotatable bonds is 5. The predicted octanol–water partition coefficient (Wildman–Crippen LogP) is 4.27. The van der Waals surface area contributed by atoms with E-state index in [0.717, 1.165) is 22.9 Å². The van der Waals surface area contributed by atoms with Crippen molar-refractivity contribution >= 4 is 54.6 Å². The number of carbonyl (C=O) groups excluding carboxylic acids is 1. The zero-order chi connectivity index (χ0) is 19.2. The number of hydrogen-bond donors (Lipinski definition) is 1. The minimum absolute atomic E-state index is 0.0672. The van der Waals surface area contributed by atoms with E-state index in [1.807, 2.05) is 12.1 Å². The lowest BCUT2D eigenvalue weighted by atomic mass is 10.2. The van der Waals surface area contributed by atoms with Crippen LogP contribution in [0.5, 0.6) is 0 Å². The van der Waals surface area contributed by atoms with Gasteiger partial charge in [-0.2, -0.15) is 0 Å². The second kappa shape index (κ2) is 6.82. The molecule has 1 amide bonds. The molecule has 0 bridgehead atoms. The van der Waals surface area contributed by atoms with Crippen LogP contribution in [0.25, 0.3) is 10.1 Å². The first-order chi connectivity index (χ1) is 12.8. The average molecular weight is 421 g/mol. The van der Waals surface area contributed by atoms with Gasteiger partial charge in [0.05, 0.1) is 15.5 Å². The number of carbonyl (C=O) groups is 1. The molecule has 0 atom stereocenters. The molecule has 8 heteroatoms. The molecule has 0 saturated heterocycles. The van der Waals surface area contributed by atoms with E-state index in [1.165, 1.54) is 34.8 Å². The highest BCUT2D eigenvalue weighted by Crippen LogP contribution is 2.32. The Morgan fingerprint density at radius 3 is 2.52 bits per heavy atom. The summed E-state index contributed by atoms with van der Waals surface area (Å²) in [4.78, 5) is 13.0. The number of amides is 1. The van der Waals surface area contributed by atoms with Gasteiger partial charge in [-0.1, -0.05) is 11.6 Å². The summed E-state index contributed by atoms with van der Waals surface area (Å²) >= 11 is 7.25. The first-order valence-electron chi connectivity index (χ1n) is 8.43. The summed E-state index contributed by atoms with van der Waals surface area (Å²) in [6.45, 7) is 0. The van der Waals surface area contributed by atoms with E-state index in [0.29, 0.717) is 21.6 Å². The highest BCUT2D eigenvalue weighted by molar-refractivity contribution is 7.92. The zero-order valence-electron chi connectivity index (χ0n) is 14.5. The average Bonchev–Trinajstić information content (AvgIpc) is 3.35. The van der Waals surface area contributed by atoms with Crippen LogP contribution in [-0.2, 0) is 10.0 Å². The van der Waals surface area contributed by atoms with Crippen molar-refractivity contribution in [2.75, 3.05) is 11.4 Å². The van der Waals surface area contributed by atoms with Crippen LogP contribution >= 0.6 is 22.9 Å². The van der Waals surface area contributed by atoms with Crippen LogP contribution in [0, 0.1) is 0 Å². The molecule has 1 heterocycles. The monoisotopic (exact) mass is 420 g/mol. The lowest BCUT2D eigenvalue weighted by molar-refractivity contribution is 0.0955. The minimum Gasteiger partial charge on any atom is -0.349 e. The fourth-order valence-electron chi connectivity index (χ4n) is 2.73. The van der Waals surface area contributed by atoms with Gasteiger partial charge in [-0.3, -0.25) is 9.10 Å². The zero-order valence-corrected chi connectivity index (χ0v) is 16.9. The van der Waals surface area contributed by atoms with Gasteiger partial charge < -0.3 is 5.32 Å². The van der Waals surface area contributed by atoms with E-state index >= 15 is 0 Å². The molecule has 2 aromatic carbocycles. The lowest BCUT2D eigenvalue weighted by Crippen LogP contribution is -2.26. The number of fused-ring (bicyclic) bond motifs is 1. The van der Waals surface area contributed by atoms with E-state index in [-0.39, 0.29) is 10.8 Å². The molecule has 0 radical (unpaired) electrons. The smallest absolute Gasteiger partial charge is 0.264 e. The maximum Gasteiger partial charge on any atom is 0.264 e. The van der Waals surface area contributed by atoms with Crippen LogP contribution in [-0.4, -0.2) is 27.4 Å². The summed E-state index contributed by atoms with van der Waals surface area (Å²) in [5.41, 5.74) is 0.532. The molecular weight excluding hydrogens is 404 g/mol. The first-order valence-corrected chi connectivity index (χ1v) is 11.1. The van der Waals surface area contributed by atoms with Crippen LogP contribution in [0.3, 0.4) is 0 Å². The van der Waals surface area contributed by atoms with E-state index in [1.54, 1.807) is 24.3 Å². The summed E-state index contributed by atoms with van der Waals surface area (Å²) in [5.74, 6) is -0.0672. The Morgan fingerprint density at radius 1 is 1.15 bits per heavy atom. The quantitative estimate of drug-likeness (QED) is 0.670. The molecular formula is C19H17ClN2O3S2. The Kier molecular flexibility index (Phi) is 4.61. The second-order valence-corrected chi connectivity index (χ2v) is 10.00. The molecule has 4 rings (SSSR count). The molecule has 1 aliphatic carbocycles. The summed E-state index contributed by atoms with van der Waals surface area (Å²) in [5, 5.41) is 4.30. The molecule has 27 heavy (non-hydrogen) atoms. The predicted molar refractivity (Wildman–Crippen MR) is 109 cm³/mol. The molecule has 140 valence electrons. The van der Waals surface area contributed by atoms with Crippen molar-refractivity contribution in [2.24, 2.45) is 0 Å². The van der Waals surface area contributed by atoms with E-state index in [2.05, 4.69) is 5.32 Å². The number of thiophene rings is 1. The van der Waals surface area contributed by atoms with Crippen LogP contribution < -0.4 is 9.62 Å². The normalized spacial score (nSPS) is 14.3. The molecule has 1 N–H and O–H groups in total. The largest absolute Gasteiger partial charge is 0.349 e. The number of nitrogens with one attached hydrogen (secondary N) is 1. The topological polar surface area (TPSA) is 66.5 Å². The Bertz CT molecular complexity index is 1120. The Balaban J connectivity index is 1.64. The van der Waals surface area contributed by atoms with Crippen molar-refractivity contribution in [1.29, 1.82) is 0 Å². The highest BCUT2D eigenvalue weighted by Gasteiger charge is 2.25. The van der Waals surface area contributed by atoms with Crippen molar-refractivity contribution in [3.05, 3.63) is 58.4 Å². The van der Waals surface area contributed by atoms with Gasteiger partial charge in [0.25, 0.3) is 15.9 Å². The third kappa shape index (κ3) is 3.67. The van der Waals surface area contributed by atoms with Gasteiger partial charge >= 0.3 is 0 Å². The van der Waals surface area contributed by atoms with E-state index in [4.69, 9.17) is 11.6 Å². The van der Waals surface area contributed by atoms with E-state index < -0.39 is 10.0 Å². The highest BCUT2D eigenvalue weighted by atomic mass is 35.5. The maximum absolute atomic E-state index is 12.8. The van der Waals surface area contributed by atoms with Crippen LogP contribution in [0.2, 0.25) is 5.02 Å². The third-order valence-electron chi connectivity index (χ3n) is 4.47. The molecule has 3 aromatic rings. The Morgan fingerprint density at radius 2 is 1.85 bits per heavy atom. The second-order valence-electron chi connectivity index (χ2n) is 6.51. The fourth-order valence-corrected chi connectivity index (χ4v) is 4.99. The van der Waals surface area contributed by atoms with E-state index in [9.17, 15) is 13.2 Å². The first kappa shape index (κ1) is 18.3. The summed E-state index contributed by atoms with van der Waals surface area (Å²) in [6.07, 6.45) is 2.07. The van der Waals surface area contributed by atoms with Crippen molar-refractivity contribution in [3.8, 4) is 0 Å². The Labute approximate surface area is 166 Å². The molecule has 1 aliphatic rings. The molecule has 0 spiro atoms. The number of halogens is 1. The summed E-state index contributed by atoms with van der Waals surface area (Å²) < 4.78 is 27.9. The van der Waals surface area contributed by atoms with Gasteiger partial charge in [-0.25, -0.2) is 8.42 Å². The third-order valence-corrected chi connectivity index (χ3v) is 7.64. The molecule has 1 fully saturated rings. The van der Waals surface area contributed by atoms with Gasteiger partial charge in [-0.15, -0.1) is 11.3 Å². The van der Waals surface area contributed by atoms with Crippen LogP contribution in [0.15, 0.2) is 53.4 Å². The summed E-state index contributed by atoms with van der Waals surface area (Å²) in [7, 11) is -2.18. The Hall–Kier alpha value is -2.09. The number of nitrogens with zero attached hydrogens (tertiary/aromatic N) is 1. The summed E-state index contributed by atoms with van der Waals surface area (Å²) in [6, 6.07) is 13.6. The van der Waals surface area contributed by atoms with Crippen molar-refractivity contribution in [3.63, 3.8) is 0 Å². The van der Waals surface area contributed by atoms with Gasteiger partial charge in [0.15, 0.2) is 0 Å². The van der Waals surface area contributed by atoms with Crippen LogP contribution in [0.4, 0.5) is 5.69 Å². The van der Waals surface area contributed by atoms with Crippen molar-refractivity contribution in [1.82, 2.24) is 5.32 Å².